The van der Waals surface area contributed by atoms with Gasteiger partial charge in [0.15, 0.2) is 0 Å². The highest BCUT2D eigenvalue weighted by Gasteiger charge is 2.08. The van der Waals surface area contributed by atoms with Gasteiger partial charge in [0.1, 0.15) is 12.7 Å². The van der Waals surface area contributed by atoms with Crippen LogP contribution in [0.5, 0.6) is 0 Å². The third-order valence-electron chi connectivity index (χ3n) is 5.03. The lowest BCUT2D eigenvalue weighted by atomic mass is 10.1. The van der Waals surface area contributed by atoms with E-state index in [2.05, 4.69) is 26.0 Å². The molecule has 4 nitrogen and oxygen atoms in total. The van der Waals surface area contributed by atoms with Gasteiger partial charge in [-0.15, -0.1) is 0 Å². The summed E-state index contributed by atoms with van der Waals surface area (Å²) in [5, 5.41) is 9.69. The second-order valence-electron chi connectivity index (χ2n) is 8.10. The Kier molecular flexibility index (Phi) is 22.7. The Hall–Kier alpha value is -0.870. The van der Waals surface area contributed by atoms with E-state index in [-0.39, 0.29) is 19.2 Å². The summed E-state index contributed by atoms with van der Waals surface area (Å²) in [6.07, 6.45) is 22.7. The Balaban J connectivity index is 3.31. The highest BCUT2D eigenvalue weighted by atomic mass is 16.5. The standard InChI is InChI=1S/C25H48O4/c1-3-5-7-8-9-10-11-12-13-14-15-16-17-18-19-20-25(27)29-23-24(26)22-28-21-6-4-2/h12-13,24,26H,3-11,14-23H2,1-2H3. The fraction of sp³-hybridized carbons (Fsp3) is 0.880. The summed E-state index contributed by atoms with van der Waals surface area (Å²) in [5.74, 6) is -0.213. The van der Waals surface area contributed by atoms with Crippen molar-refractivity contribution in [1.29, 1.82) is 0 Å². The van der Waals surface area contributed by atoms with E-state index in [0.717, 1.165) is 25.7 Å². The van der Waals surface area contributed by atoms with Gasteiger partial charge >= 0.3 is 5.97 Å². The lowest BCUT2D eigenvalue weighted by molar-refractivity contribution is -0.147. The average molecular weight is 413 g/mol. The van der Waals surface area contributed by atoms with Crippen molar-refractivity contribution in [2.45, 2.75) is 123 Å². The van der Waals surface area contributed by atoms with E-state index in [4.69, 9.17) is 9.47 Å². The zero-order valence-corrected chi connectivity index (χ0v) is 19.3. The molecule has 0 aromatic heterocycles. The van der Waals surface area contributed by atoms with E-state index in [9.17, 15) is 9.90 Å². The van der Waals surface area contributed by atoms with Gasteiger partial charge < -0.3 is 14.6 Å². The number of ether oxygens (including phenoxy) is 2. The van der Waals surface area contributed by atoms with Crippen LogP contribution >= 0.6 is 0 Å². The maximum atomic E-state index is 11.7. The lowest BCUT2D eigenvalue weighted by Crippen LogP contribution is -2.24. The zero-order valence-electron chi connectivity index (χ0n) is 19.3. The predicted octanol–water partition coefficient (Wildman–Crippen LogP) is 6.74. The molecule has 29 heavy (non-hydrogen) atoms. The minimum atomic E-state index is -0.718. The Morgan fingerprint density at radius 2 is 1.31 bits per heavy atom. The topological polar surface area (TPSA) is 55.8 Å². The van der Waals surface area contributed by atoms with Gasteiger partial charge in [-0.2, -0.15) is 0 Å². The molecule has 1 atom stereocenters. The number of carbonyl (C=O) groups excluding carboxylic acids is 1. The molecule has 4 heteroatoms. The van der Waals surface area contributed by atoms with Crippen molar-refractivity contribution < 1.29 is 19.4 Å². The molecule has 0 saturated carbocycles. The molecule has 0 radical (unpaired) electrons. The summed E-state index contributed by atoms with van der Waals surface area (Å²) >= 11 is 0. The molecule has 0 fully saturated rings. The Morgan fingerprint density at radius 1 is 0.759 bits per heavy atom. The molecule has 0 heterocycles. The molecule has 0 aromatic carbocycles. The van der Waals surface area contributed by atoms with Crippen LogP contribution in [0.15, 0.2) is 12.2 Å². The third kappa shape index (κ3) is 23.3. The third-order valence-corrected chi connectivity index (χ3v) is 5.03. The first-order valence-corrected chi connectivity index (χ1v) is 12.3. The monoisotopic (exact) mass is 412 g/mol. The molecule has 0 saturated heterocycles. The lowest BCUT2D eigenvalue weighted by Gasteiger charge is -2.11. The fourth-order valence-corrected chi connectivity index (χ4v) is 3.12. The van der Waals surface area contributed by atoms with Crippen LogP contribution in [0, 0.1) is 0 Å². The fourth-order valence-electron chi connectivity index (χ4n) is 3.12. The van der Waals surface area contributed by atoms with Gasteiger partial charge in [0, 0.05) is 13.0 Å². The summed E-state index contributed by atoms with van der Waals surface area (Å²) in [4.78, 5) is 11.7. The molecule has 0 bridgehead atoms. The molecule has 1 N–H and O–H groups in total. The van der Waals surface area contributed by atoms with Crippen LogP contribution in [-0.4, -0.2) is 37.0 Å². The number of aliphatic hydroxyl groups excluding tert-OH is 1. The molecule has 0 aliphatic heterocycles. The average Bonchev–Trinajstić information content (AvgIpc) is 2.72. The quantitative estimate of drug-likeness (QED) is 0.121. The highest BCUT2D eigenvalue weighted by Crippen LogP contribution is 2.10. The van der Waals surface area contributed by atoms with Crippen molar-refractivity contribution in [2.75, 3.05) is 19.8 Å². The number of aliphatic hydroxyl groups is 1. The van der Waals surface area contributed by atoms with Crippen molar-refractivity contribution in [3.63, 3.8) is 0 Å². The van der Waals surface area contributed by atoms with Crippen molar-refractivity contribution in [3.05, 3.63) is 12.2 Å². The highest BCUT2D eigenvalue weighted by molar-refractivity contribution is 5.69. The van der Waals surface area contributed by atoms with Crippen molar-refractivity contribution in [2.24, 2.45) is 0 Å². The maximum absolute atomic E-state index is 11.7. The molecule has 0 rings (SSSR count). The van der Waals surface area contributed by atoms with Crippen LogP contribution in [0.1, 0.15) is 117 Å². The van der Waals surface area contributed by atoms with E-state index in [1.807, 2.05) is 0 Å². The van der Waals surface area contributed by atoms with Crippen molar-refractivity contribution in [1.82, 2.24) is 0 Å². The molecule has 0 spiro atoms. The van der Waals surface area contributed by atoms with Gasteiger partial charge in [-0.05, 0) is 38.5 Å². The zero-order chi connectivity index (χ0) is 21.4. The molecule has 0 aliphatic carbocycles. The number of rotatable bonds is 22. The van der Waals surface area contributed by atoms with Gasteiger partial charge in [-0.3, -0.25) is 4.79 Å². The van der Waals surface area contributed by atoms with Gasteiger partial charge in [-0.25, -0.2) is 0 Å². The second-order valence-corrected chi connectivity index (χ2v) is 8.10. The van der Waals surface area contributed by atoms with E-state index >= 15 is 0 Å². The molecular formula is C25H48O4. The first-order chi connectivity index (χ1) is 14.2. The summed E-state index contributed by atoms with van der Waals surface area (Å²) < 4.78 is 10.4. The van der Waals surface area contributed by atoms with Gasteiger partial charge in [0.05, 0.1) is 6.61 Å². The van der Waals surface area contributed by atoms with Crippen LogP contribution in [0.3, 0.4) is 0 Å². The SMILES string of the molecule is CCCCCCCCC=CCCCCCCCC(=O)OCC(O)COCCCC. The summed E-state index contributed by atoms with van der Waals surface area (Å²) in [5.41, 5.74) is 0. The normalized spacial score (nSPS) is 12.5. The number of hydrogen-bond acceptors (Lipinski definition) is 4. The molecular weight excluding hydrogens is 364 g/mol. The van der Waals surface area contributed by atoms with E-state index in [1.54, 1.807) is 0 Å². The number of esters is 1. The molecule has 1 unspecified atom stereocenters. The van der Waals surface area contributed by atoms with Crippen LogP contribution in [-0.2, 0) is 14.3 Å². The van der Waals surface area contributed by atoms with Crippen LogP contribution in [0.2, 0.25) is 0 Å². The molecule has 0 aliphatic rings. The number of allylic oxidation sites excluding steroid dienone is 2. The number of unbranched alkanes of at least 4 members (excludes halogenated alkanes) is 12. The van der Waals surface area contributed by atoms with Gasteiger partial charge in [0.25, 0.3) is 0 Å². The Morgan fingerprint density at radius 3 is 1.93 bits per heavy atom. The Labute approximate surface area is 180 Å². The summed E-state index contributed by atoms with van der Waals surface area (Å²) in [6.45, 7) is 5.28. The number of hydrogen-bond donors (Lipinski definition) is 1. The minimum absolute atomic E-state index is 0.0377. The Bertz CT molecular complexity index is 368. The first kappa shape index (κ1) is 28.1. The largest absolute Gasteiger partial charge is 0.463 e. The van der Waals surface area contributed by atoms with Crippen molar-refractivity contribution >= 4 is 5.97 Å². The summed E-state index contributed by atoms with van der Waals surface area (Å²) in [6, 6.07) is 0. The smallest absolute Gasteiger partial charge is 0.305 e. The van der Waals surface area contributed by atoms with E-state index in [1.165, 1.54) is 70.6 Å². The molecule has 0 amide bonds. The van der Waals surface area contributed by atoms with Gasteiger partial charge in [0.2, 0.25) is 0 Å². The minimum Gasteiger partial charge on any atom is -0.463 e. The molecule has 172 valence electrons. The van der Waals surface area contributed by atoms with Gasteiger partial charge in [-0.1, -0.05) is 83.8 Å². The summed E-state index contributed by atoms with van der Waals surface area (Å²) in [7, 11) is 0. The maximum Gasteiger partial charge on any atom is 0.305 e. The van der Waals surface area contributed by atoms with Crippen LogP contribution in [0.25, 0.3) is 0 Å². The van der Waals surface area contributed by atoms with Crippen LogP contribution in [0.4, 0.5) is 0 Å². The first-order valence-electron chi connectivity index (χ1n) is 12.3. The molecule has 0 aromatic rings. The predicted molar refractivity (Wildman–Crippen MR) is 122 cm³/mol. The second kappa shape index (κ2) is 23.4. The van der Waals surface area contributed by atoms with E-state index in [0.29, 0.717) is 13.0 Å². The van der Waals surface area contributed by atoms with Crippen molar-refractivity contribution in [3.8, 4) is 0 Å². The van der Waals surface area contributed by atoms with Crippen LogP contribution < -0.4 is 0 Å². The van der Waals surface area contributed by atoms with E-state index < -0.39 is 6.10 Å². The number of carbonyl (C=O) groups is 1.